The lowest BCUT2D eigenvalue weighted by Crippen LogP contribution is -2.44. The van der Waals surface area contributed by atoms with Gasteiger partial charge in [0.15, 0.2) is 0 Å². The summed E-state index contributed by atoms with van der Waals surface area (Å²) in [6, 6.07) is -0.264. The average Bonchev–Trinajstić information content (AvgIpc) is 2.24. The van der Waals surface area contributed by atoms with Crippen LogP contribution in [0.25, 0.3) is 0 Å². The van der Waals surface area contributed by atoms with E-state index in [1.54, 1.807) is 0 Å². The molecular formula is C13H26N2O. The molecule has 0 unspecified atom stereocenters. The van der Waals surface area contributed by atoms with Gasteiger partial charge >= 0.3 is 0 Å². The summed E-state index contributed by atoms with van der Waals surface area (Å²) in [7, 11) is 0. The van der Waals surface area contributed by atoms with Crippen molar-refractivity contribution < 1.29 is 4.79 Å². The summed E-state index contributed by atoms with van der Waals surface area (Å²) in [5.74, 6) is 0.176. The van der Waals surface area contributed by atoms with Gasteiger partial charge in [-0.15, -0.1) is 0 Å². The van der Waals surface area contributed by atoms with Crippen LogP contribution in [0.15, 0.2) is 0 Å². The van der Waals surface area contributed by atoms with E-state index in [9.17, 15) is 4.79 Å². The van der Waals surface area contributed by atoms with Crippen molar-refractivity contribution in [3.63, 3.8) is 0 Å². The third-order valence-electron chi connectivity index (χ3n) is 3.35. The number of nitrogens with two attached hydrogens (primary N) is 1. The van der Waals surface area contributed by atoms with Crippen LogP contribution in [0, 0.1) is 0 Å². The number of hydrogen-bond donors (Lipinski definition) is 1. The fourth-order valence-corrected chi connectivity index (χ4v) is 2.25. The van der Waals surface area contributed by atoms with Crippen molar-refractivity contribution in [2.24, 2.45) is 5.73 Å². The number of carbonyl (C=O) groups excluding carboxylic acids is 1. The normalized spacial score (nSPS) is 20.0. The first kappa shape index (κ1) is 13.5. The standard InChI is InChI=1S/C13H26N2O/c1-2-3-9-12(14)13(16)15-10-7-5-4-6-8-11-15/h12H,2-11,14H2,1H3/t12-/m0/s1. The van der Waals surface area contributed by atoms with Crippen molar-refractivity contribution in [2.45, 2.75) is 64.3 Å². The summed E-state index contributed by atoms with van der Waals surface area (Å²) in [4.78, 5) is 14.1. The Labute approximate surface area is 99.4 Å². The third-order valence-corrected chi connectivity index (χ3v) is 3.35. The van der Waals surface area contributed by atoms with Crippen molar-refractivity contribution >= 4 is 5.91 Å². The summed E-state index contributed by atoms with van der Waals surface area (Å²) in [6.45, 7) is 3.96. The lowest BCUT2D eigenvalue weighted by Gasteiger charge is -2.27. The predicted octanol–water partition coefficient (Wildman–Crippen LogP) is 2.30. The average molecular weight is 226 g/mol. The molecule has 1 heterocycles. The second-order valence-electron chi connectivity index (χ2n) is 4.84. The van der Waals surface area contributed by atoms with E-state index in [0.717, 1.165) is 45.2 Å². The highest BCUT2D eigenvalue weighted by molar-refractivity contribution is 5.81. The smallest absolute Gasteiger partial charge is 0.239 e. The van der Waals surface area contributed by atoms with Crippen LogP contribution in [0.2, 0.25) is 0 Å². The van der Waals surface area contributed by atoms with Gasteiger partial charge in [0.1, 0.15) is 0 Å². The molecule has 0 aliphatic carbocycles. The molecule has 16 heavy (non-hydrogen) atoms. The molecule has 94 valence electrons. The fraction of sp³-hybridized carbons (Fsp3) is 0.923. The highest BCUT2D eigenvalue weighted by Crippen LogP contribution is 2.12. The quantitative estimate of drug-likeness (QED) is 0.799. The Morgan fingerprint density at radius 1 is 1.19 bits per heavy atom. The van der Waals surface area contributed by atoms with Crippen molar-refractivity contribution in [3.8, 4) is 0 Å². The molecule has 3 nitrogen and oxygen atoms in total. The summed E-state index contributed by atoms with van der Waals surface area (Å²) >= 11 is 0. The summed E-state index contributed by atoms with van der Waals surface area (Å²) in [5, 5.41) is 0. The molecule has 1 saturated heterocycles. The van der Waals surface area contributed by atoms with Crippen LogP contribution in [0.5, 0.6) is 0 Å². The zero-order valence-corrected chi connectivity index (χ0v) is 10.6. The van der Waals surface area contributed by atoms with Crippen LogP contribution < -0.4 is 5.73 Å². The maximum atomic E-state index is 12.1. The van der Waals surface area contributed by atoms with Crippen LogP contribution >= 0.6 is 0 Å². The van der Waals surface area contributed by atoms with Gasteiger partial charge in [-0.1, -0.05) is 39.0 Å². The van der Waals surface area contributed by atoms with Crippen LogP contribution in [-0.2, 0) is 4.79 Å². The molecule has 0 saturated carbocycles. The van der Waals surface area contributed by atoms with Gasteiger partial charge in [-0.3, -0.25) is 4.79 Å². The van der Waals surface area contributed by atoms with E-state index >= 15 is 0 Å². The fourth-order valence-electron chi connectivity index (χ4n) is 2.25. The maximum absolute atomic E-state index is 12.1. The number of rotatable bonds is 4. The van der Waals surface area contributed by atoms with E-state index in [1.165, 1.54) is 19.3 Å². The topological polar surface area (TPSA) is 46.3 Å². The molecule has 0 radical (unpaired) electrons. The number of likely N-dealkylation sites (tertiary alicyclic amines) is 1. The Kier molecular flexibility index (Phi) is 6.46. The molecule has 1 aliphatic heterocycles. The van der Waals surface area contributed by atoms with Crippen LogP contribution in [-0.4, -0.2) is 29.9 Å². The molecular weight excluding hydrogens is 200 g/mol. The van der Waals surface area contributed by atoms with Crippen molar-refractivity contribution in [2.75, 3.05) is 13.1 Å². The Balaban J connectivity index is 2.37. The van der Waals surface area contributed by atoms with Gasteiger partial charge in [0.05, 0.1) is 6.04 Å². The van der Waals surface area contributed by atoms with Crippen LogP contribution in [0.1, 0.15) is 58.3 Å². The van der Waals surface area contributed by atoms with Gasteiger partial charge < -0.3 is 10.6 Å². The molecule has 1 aliphatic rings. The SMILES string of the molecule is CCCC[C@H](N)C(=O)N1CCCCCCC1. The molecule has 0 aromatic heterocycles. The number of hydrogen-bond acceptors (Lipinski definition) is 2. The Bertz CT molecular complexity index is 198. The van der Waals surface area contributed by atoms with Gasteiger partial charge in [-0.05, 0) is 19.3 Å². The van der Waals surface area contributed by atoms with Gasteiger partial charge in [-0.25, -0.2) is 0 Å². The number of unbranched alkanes of at least 4 members (excludes halogenated alkanes) is 1. The van der Waals surface area contributed by atoms with Gasteiger partial charge in [0.25, 0.3) is 0 Å². The summed E-state index contributed by atoms with van der Waals surface area (Å²) in [5.41, 5.74) is 5.93. The van der Waals surface area contributed by atoms with Crippen molar-refractivity contribution in [1.82, 2.24) is 4.90 Å². The largest absolute Gasteiger partial charge is 0.341 e. The molecule has 1 rings (SSSR count). The van der Waals surface area contributed by atoms with E-state index in [-0.39, 0.29) is 11.9 Å². The molecule has 0 aromatic carbocycles. The van der Waals surface area contributed by atoms with Crippen LogP contribution in [0.4, 0.5) is 0 Å². The van der Waals surface area contributed by atoms with Crippen molar-refractivity contribution in [3.05, 3.63) is 0 Å². The molecule has 1 amide bonds. The molecule has 0 bridgehead atoms. The van der Waals surface area contributed by atoms with E-state index in [4.69, 9.17) is 5.73 Å². The summed E-state index contributed by atoms with van der Waals surface area (Å²) in [6.07, 6.45) is 9.14. The van der Waals surface area contributed by atoms with Crippen LogP contribution in [0.3, 0.4) is 0 Å². The molecule has 0 aromatic rings. The molecule has 1 fully saturated rings. The van der Waals surface area contributed by atoms with E-state index < -0.39 is 0 Å². The van der Waals surface area contributed by atoms with E-state index in [0.29, 0.717) is 0 Å². The highest BCUT2D eigenvalue weighted by atomic mass is 16.2. The van der Waals surface area contributed by atoms with Crippen molar-refractivity contribution in [1.29, 1.82) is 0 Å². The van der Waals surface area contributed by atoms with Gasteiger partial charge in [0.2, 0.25) is 5.91 Å². The number of nitrogens with zero attached hydrogens (tertiary/aromatic N) is 1. The molecule has 2 N–H and O–H groups in total. The zero-order valence-electron chi connectivity index (χ0n) is 10.6. The molecule has 1 atom stereocenters. The Morgan fingerprint density at radius 3 is 2.31 bits per heavy atom. The minimum atomic E-state index is -0.264. The number of amides is 1. The Morgan fingerprint density at radius 2 is 1.75 bits per heavy atom. The summed E-state index contributed by atoms with van der Waals surface area (Å²) < 4.78 is 0. The first-order valence-electron chi connectivity index (χ1n) is 6.80. The zero-order chi connectivity index (χ0) is 11.8. The monoisotopic (exact) mass is 226 g/mol. The van der Waals surface area contributed by atoms with Gasteiger partial charge in [-0.2, -0.15) is 0 Å². The molecule has 0 spiro atoms. The lowest BCUT2D eigenvalue weighted by molar-refractivity contribution is -0.133. The number of carbonyl (C=O) groups is 1. The predicted molar refractivity (Wildman–Crippen MR) is 67.2 cm³/mol. The minimum absolute atomic E-state index is 0.176. The molecule has 3 heteroatoms. The second kappa shape index (κ2) is 7.66. The second-order valence-corrected chi connectivity index (χ2v) is 4.84. The first-order valence-corrected chi connectivity index (χ1v) is 6.80. The first-order chi connectivity index (χ1) is 7.75. The van der Waals surface area contributed by atoms with E-state index in [2.05, 4.69) is 6.92 Å². The highest BCUT2D eigenvalue weighted by Gasteiger charge is 2.20. The minimum Gasteiger partial charge on any atom is -0.341 e. The van der Waals surface area contributed by atoms with Gasteiger partial charge in [0, 0.05) is 13.1 Å². The maximum Gasteiger partial charge on any atom is 0.239 e. The van der Waals surface area contributed by atoms with E-state index in [1.807, 2.05) is 4.90 Å². The third kappa shape index (κ3) is 4.52. The Hall–Kier alpha value is -0.570. The lowest BCUT2D eigenvalue weighted by atomic mass is 10.1.